The molecule has 4 nitrogen and oxygen atoms in total. The van der Waals surface area contributed by atoms with Gasteiger partial charge in [0, 0.05) is 12.2 Å². The predicted molar refractivity (Wildman–Crippen MR) is 52.4 cm³/mol. The highest BCUT2D eigenvalue weighted by molar-refractivity contribution is 5.30. The van der Waals surface area contributed by atoms with Gasteiger partial charge < -0.3 is 15.2 Å². The maximum absolute atomic E-state index is 9.38. The van der Waals surface area contributed by atoms with Crippen molar-refractivity contribution in [2.75, 3.05) is 13.2 Å². The maximum Gasteiger partial charge on any atom is 0.256 e. The van der Waals surface area contributed by atoms with Gasteiger partial charge in [0.25, 0.3) is 5.88 Å². The zero-order chi connectivity index (χ0) is 9.80. The third kappa shape index (κ3) is 2.14. The average molecular weight is 194 g/mol. The molecule has 1 aromatic heterocycles. The van der Waals surface area contributed by atoms with Crippen molar-refractivity contribution in [2.45, 2.75) is 18.9 Å². The van der Waals surface area contributed by atoms with Crippen molar-refractivity contribution in [3.63, 3.8) is 0 Å². The standard InChI is InChI=1S/C10H14N2O2/c13-9-4-2-6-12-10(9)14-7-8-3-1-5-11-8/h2,4,6,8,11,13H,1,3,5,7H2/t8-/m1/s1. The third-order valence-corrected chi connectivity index (χ3v) is 2.33. The topological polar surface area (TPSA) is 54.4 Å². The van der Waals surface area contributed by atoms with Crippen LogP contribution < -0.4 is 10.1 Å². The molecule has 1 atom stereocenters. The van der Waals surface area contributed by atoms with E-state index in [0.29, 0.717) is 18.5 Å². The average Bonchev–Trinajstić information content (AvgIpc) is 2.69. The number of nitrogens with one attached hydrogen (secondary N) is 1. The van der Waals surface area contributed by atoms with Gasteiger partial charge in [0.1, 0.15) is 6.61 Å². The van der Waals surface area contributed by atoms with Gasteiger partial charge in [-0.25, -0.2) is 4.98 Å². The summed E-state index contributed by atoms with van der Waals surface area (Å²) in [5.41, 5.74) is 0. The summed E-state index contributed by atoms with van der Waals surface area (Å²) in [6.07, 6.45) is 3.94. The lowest BCUT2D eigenvalue weighted by Gasteiger charge is -2.11. The molecule has 0 aromatic carbocycles. The van der Waals surface area contributed by atoms with Crippen LogP contribution in [0.25, 0.3) is 0 Å². The van der Waals surface area contributed by atoms with Gasteiger partial charge in [0.2, 0.25) is 0 Å². The number of rotatable bonds is 3. The number of aromatic hydroxyl groups is 1. The summed E-state index contributed by atoms with van der Waals surface area (Å²) in [7, 11) is 0. The molecule has 1 aliphatic heterocycles. The first-order valence-electron chi connectivity index (χ1n) is 4.86. The quantitative estimate of drug-likeness (QED) is 0.751. The highest BCUT2D eigenvalue weighted by atomic mass is 16.5. The third-order valence-electron chi connectivity index (χ3n) is 2.33. The summed E-state index contributed by atoms with van der Waals surface area (Å²) < 4.78 is 5.40. The molecule has 0 aliphatic carbocycles. The molecule has 2 rings (SSSR count). The normalized spacial score (nSPS) is 21.0. The maximum atomic E-state index is 9.38. The molecule has 1 fully saturated rings. The minimum absolute atomic E-state index is 0.102. The molecule has 0 bridgehead atoms. The van der Waals surface area contributed by atoms with Crippen LogP contribution in [0.3, 0.4) is 0 Å². The highest BCUT2D eigenvalue weighted by Gasteiger charge is 2.15. The van der Waals surface area contributed by atoms with Crippen LogP contribution in [0.15, 0.2) is 18.3 Å². The van der Waals surface area contributed by atoms with Gasteiger partial charge in [-0.15, -0.1) is 0 Å². The summed E-state index contributed by atoms with van der Waals surface area (Å²) in [6.45, 7) is 1.63. The second-order valence-corrected chi connectivity index (χ2v) is 3.43. The number of hydrogen-bond donors (Lipinski definition) is 2. The zero-order valence-electron chi connectivity index (χ0n) is 7.94. The number of aromatic nitrogens is 1. The Bertz CT molecular complexity index is 298. The Morgan fingerprint density at radius 2 is 2.57 bits per heavy atom. The molecule has 14 heavy (non-hydrogen) atoms. The number of nitrogens with zero attached hydrogens (tertiary/aromatic N) is 1. The van der Waals surface area contributed by atoms with Gasteiger partial charge in [-0.1, -0.05) is 0 Å². The molecular formula is C10H14N2O2. The minimum atomic E-state index is 0.102. The molecule has 0 unspecified atom stereocenters. The molecule has 0 radical (unpaired) electrons. The van der Waals surface area contributed by atoms with Crippen LogP contribution in [0.2, 0.25) is 0 Å². The van der Waals surface area contributed by atoms with Gasteiger partial charge in [0.15, 0.2) is 5.75 Å². The van der Waals surface area contributed by atoms with E-state index in [2.05, 4.69) is 10.3 Å². The minimum Gasteiger partial charge on any atom is -0.503 e. The van der Waals surface area contributed by atoms with Crippen LogP contribution in [0.5, 0.6) is 11.6 Å². The SMILES string of the molecule is Oc1cccnc1OC[C@H]1CCCN1. The van der Waals surface area contributed by atoms with Crippen molar-refractivity contribution in [1.29, 1.82) is 0 Å². The smallest absolute Gasteiger partial charge is 0.256 e. The number of pyridine rings is 1. The van der Waals surface area contributed by atoms with E-state index >= 15 is 0 Å². The summed E-state index contributed by atoms with van der Waals surface area (Å²) in [4.78, 5) is 3.94. The van der Waals surface area contributed by atoms with E-state index in [1.165, 1.54) is 6.42 Å². The van der Waals surface area contributed by atoms with Crippen molar-refractivity contribution in [3.05, 3.63) is 18.3 Å². The zero-order valence-corrected chi connectivity index (χ0v) is 7.94. The van der Waals surface area contributed by atoms with E-state index < -0.39 is 0 Å². The molecule has 76 valence electrons. The lowest BCUT2D eigenvalue weighted by molar-refractivity contribution is 0.255. The predicted octanol–water partition coefficient (Wildman–Crippen LogP) is 0.918. The fraction of sp³-hybridized carbons (Fsp3) is 0.500. The molecule has 1 aliphatic rings. The summed E-state index contributed by atoms with van der Waals surface area (Å²) in [6, 6.07) is 3.65. The van der Waals surface area contributed by atoms with Gasteiger partial charge in [-0.3, -0.25) is 0 Å². The second-order valence-electron chi connectivity index (χ2n) is 3.43. The van der Waals surface area contributed by atoms with Crippen molar-refractivity contribution in [2.24, 2.45) is 0 Å². The fourth-order valence-electron chi connectivity index (χ4n) is 1.57. The lowest BCUT2D eigenvalue weighted by Crippen LogP contribution is -2.28. The molecule has 1 saturated heterocycles. The molecule has 2 heterocycles. The van der Waals surface area contributed by atoms with E-state index in [4.69, 9.17) is 4.74 Å². The monoisotopic (exact) mass is 194 g/mol. The van der Waals surface area contributed by atoms with Crippen LogP contribution in [-0.4, -0.2) is 29.3 Å². The van der Waals surface area contributed by atoms with E-state index in [1.54, 1.807) is 18.3 Å². The van der Waals surface area contributed by atoms with Crippen LogP contribution in [0.4, 0.5) is 0 Å². The molecule has 0 amide bonds. The van der Waals surface area contributed by atoms with Crippen molar-refractivity contribution in [3.8, 4) is 11.6 Å². The van der Waals surface area contributed by atoms with E-state index in [1.807, 2.05) is 0 Å². The highest BCUT2D eigenvalue weighted by Crippen LogP contribution is 2.21. The van der Waals surface area contributed by atoms with Crippen molar-refractivity contribution >= 4 is 0 Å². The lowest BCUT2D eigenvalue weighted by atomic mass is 10.2. The Balaban J connectivity index is 1.88. The van der Waals surface area contributed by atoms with Crippen LogP contribution in [0.1, 0.15) is 12.8 Å². The van der Waals surface area contributed by atoms with Gasteiger partial charge in [0.05, 0.1) is 0 Å². The molecular weight excluding hydrogens is 180 g/mol. The Morgan fingerprint density at radius 1 is 1.64 bits per heavy atom. The van der Waals surface area contributed by atoms with Crippen LogP contribution in [0, 0.1) is 0 Å². The van der Waals surface area contributed by atoms with Gasteiger partial charge in [-0.2, -0.15) is 0 Å². The Morgan fingerprint density at radius 3 is 3.29 bits per heavy atom. The van der Waals surface area contributed by atoms with E-state index in [-0.39, 0.29) is 5.75 Å². The Hall–Kier alpha value is -1.29. The van der Waals surface area contributed by atoms with Gasteiger partial charge in [-0.05, 0) is 31.5 Å². The Kier molecular flexibility index (Phi) is 2.84. The molecule has 0 spiro atoms. The number of ether oxygens (including phenoxy) is 1. The first-order valence-corrected chi connectivity index (χ1v) is 4.86. The first kappa shape index (κ1) is 9.27. The van der Waals surface area contributed by atoms with Gasteiger partial charge >= 0.3 is 0 Å². The fourth-order valence-corrected chi connectivity index (χ4v) is 1.57. The number of hydrogen-bond acceptors (Lipinski definition) is 4. The van der Waals surface area contributed by atoms with E-state index in [0.717, 1.165) is 13.0 Å². The van der Waals surface area contributed by atoms with Crippen LogP contribution in [-0.2, 0) is 0 Å². The summed E-state index contributed by atoms with van der Waals surface area (Å²) in [5.74, 6) is 0.423. The second kappa shape index (κ2) is 4.28. The largest absolute Gasteiger partial charge is 0.503 e. The summed E-state index contributed by atoms with van der Waals surface area (Å²) in [5, 5.41) is 12.7. The molecule has 0 saturated carbocycles. The first-order chi connectivity index (χ1) is 6.86. The van der Waals surface area contributed by atoms with Crippen molar-refractivity contribution < 1.29 is 9.84 Å². The molecule has 1 aromatic rings. The Labute approximate surface area is 82.9 Å². The van der Waals surface area contributed by atoms with Crippen LogP contribution >= 0.6 is 0 Å². The van der Waals surface area contributed by atoms with E-state index in [9.17, 15) is 5.11 Å². The van der Waals surface area contributed by atoms with Crippen molar-refractivity contribution in [1.82, 2.24) is 10.3 Å². The summed E-state index contributed by atoms with van der Waals surface area (Å²) >= 11 is 0. The molecule has 4 heteroatoms. The molecule has 2 N–H and O–H groups in total.